The SMILES string of the molecule is CC(=O)N1C=Cc2ccccc2[C@@H]1CC(=O)Nc1ccc(Br)c(C)c1. The van der Waals surface area contributed by atoms with Gasteiger partial charge in [-0.15, -0.1) is 0 Å². The van der Waals surface area contributed by atoms with Gasteiger partial charge in [0.2, 0.25) is 11.8 Å². The number of nitrogens with zero attached hydrogens (tertiary/aromatic N) is 1. The fourth-order valence-electron chi connectivity index (χ4n) is 3.02. The zero-order valence-corrected chi connectivity index (χ0v) is 15.7. The highest BCUT2D eigenvalue weighted by atomic mass is 79.9. The molecule has 3 rings (SSSR count). The molecule has 0 saturated heterocycles. The Kier molecular flexibility index (Phi) is 5.04. The number of amides is 2. The summed E-state index contributed by atoms with van der Waals surface area (Å²) in [5.41, 5.74) is 3.83. The standard InChI is InChI=1S/C20H19BrN2O2/c1-13-11-16(7-8-18(13)21)22-20(25)12-19-17-6-4-3-5-15(17)9-10-23(19)14(2)24/h3-11,19H,12H2,1-2H3,(H,22,25)/t19-/m0/s1. The summed E-state index contributed by atoms with van der Waals surface area (Å²) in [6.07, 6.45) is 3.87. The minimum atomic E-state index is -0.296. The van der Waals surface area contributed by atoms with Gasteiger partial charge in [0, 0.05) is 23.3 Å². The molecule has 1 aliphatic rings. The maximum atomic E-state index is 12.6. The van der Waals surface area contributed by atoms with Crippen molar-refractivity contribution in [2.24, 2.45) is 0 Å². The second-order valence-corrected chi connectivity index (χ2v) is 6.96. The van der Waals surface area contributed by atoms with Gasteiger partial charge in [-0.1, -0.05) is 40.2 Å². The zero-order chi connectivity index (χ0) is 18.0. The third-order valence-electron chi connectivity index (χ3n) is 4.29. The van der Waals surface area contributed by atoms with Crippen molar-refractivity contribution in [3.8, 4) is 0 Å². The van der Waals surface area contributed by atoms with Crippen molar-refractivity contribution in [3.63, 3.8) is 0 Å². The van der Waals surface area contributed by atoms with E-state index in [-0.39, 0.29) is 24.3 Å². The van der Waals surface area contributed by atoms with E-state index in [0.29, 0.717) is 0 Å². The lowest BCUT2D eigenvalue weighted by atomic mass is 9.93. The van der Waals surface area contributed by atoms with Crippen LogP contribution in [0, 0.1) is 6.92 Å². The van der Waals surface area contributed by atoms with E-state index in [2.05, 4.69) is 21.2 Å². The number of hydrogen-bond acceptors (Lipinski definition) is 2. The second-order valence-electron chi connectivity index (χ2n) is 6.10. The van der Waals surface area contributed by atoms with E-state index < -0.39 is 0 Å². The van der Waals surface area contributed by atoms with Crippen LogP contribution in [-0.2, 0) is 9.59 Å². The molecule has 2 amide bonds. The van der Waals surface area contributed by atoms with E-state index in [1.807, 2.05) is 55.5 Å². The highest BCUT2D eigenvalue weighted by Gasteiger charge is 2.28. The Morgan fingerprint density at radius 3 is 2.68 bits per heavy atom. The average molecular weight is 399 g/mol. The van der Waals surface area contributed by atoms with E-state index >= 15 is 0 Å². The third kappa shape index (κ3) is 3.82. The summed E-state index contributed by atoms with van der Waals surface area (Å²) < 4.78 is 1.000. The number of aryl methyl sites for hydroxylation is 1. The minimum Gasteiger partial charge on any atom is -0.326 e. The predicted molar refractivity (Wildman–Crippen MR) is 103 cm³/mol. The molecule has 0 unspecified atom stereocenters. The first-order chi connectivity index (χ1) is 12.0. The number of nitrogens with one attached hydrogen (secondary N) is 1. The number of carbonyl (C=O) groups is 2. The average Bonchev–Trinajstić information content (AvgIpc) is 2.58. The molecule has 2 aromatic rings. The quantitative estimate of drug-likeness (QED) is 0.816. The number of fused-ring (bicyclic) bond motifs is 1. The third-order valence-corrected chi connectivity index (χ3v) is 5.18. The van der Waals surface area contributed by atoms with Gasteiger partial charge in [-0.3, -0.25) is 9.59 Å². The van der Waals surface area contributed by atoms with E-state index in [1.54, 1.807) is 11.1 Å². The molecule has 1 N–H and O–H groups in total. The summed E-state index contributed by atoms with van der Waals surface area (Å²) in [6, 6.07) is 13.2. The monoisotopic (exact) mass is 398 g/mol. The van der Waals surface area contributed by atoms with Crippen LogP contribution in [0.4, 0.5) is 5.69 Å². The zero-order valence-electron chi connectivity index (χ0n) is 14.1. The molecule has 4 nitrogen and oxygen atoms in total. The van der Waals surface area contributed by atoms with Crippen molar-refractivity contribution in [3.05, 3.63) is 69.8 Å². The van der Waals surface area contributed by atoms with Gasteiger partial charge in [-0.2, -0.15) is 0 Å². The van der Waals surface area contributed by atoms with Gasteiger partial charge in [0.25, 0.3) is 0 Å². The molecule has 0 radical (unpaired) electrons. The Bertz CT molecular complexity index is 861. The van der Waals surface area contributed by atoms with Crippen molar-refractivity contribution in [2.75, 3.05) is 5.32 Å². The molecule has 1 atom stereocenters. The van der Waals surface area contributed by atoms with Crippen LogP contribution >= 0.6 is 15.9 Å². The van der Waals surface area contributed by atoms with Gasteiger partial charge in [0.05, 0.1) is 12.5 Å². The molecular formula is C20H19BrN2O2. The summed E-state index contributed by atoms with van der Waals surface area (Å²) in [5, 5.41) is 2.93. The van der Waals surface area contributed by atoms with Gasteiger partial charge in [0.15, 0.2) is 0 Å². The normalized spacial score (nSPS) is 15.6. The van der Waals surface area contributed by atoms with Gasteiger partial charge in [0.1, 0.15) is 0 Å². The number of halogens is 1. The Labute approximate surface area is 155 Å². The molecule has 0 aromatic heterocycles. The molecule has 128 valence electrons. The summed E-state index contributed by atoms with van der Waals surface area (Å²) >= 11 is 3.45. The molecule has 1 aliphatic heterocycles. The fourth-order valence-corrected chi connectivity index (χ4v) is 3.27. The van der Waals surface area contributed by atoms with Crippen LogP contribution in [0.5, 0.6) is 0 Å². The van der Waals surface area contributed by atoms with Gasteiger partial charge < -0.3 is 10.2 Å². The van der Waals surface area contributed by atoms with Crippen molar-refractivity contribution in [1.29, 1.82) is 0 Å². The summed E-state index contributed by atoms with van der Waals surface area (Å²) in [7, 11) is 0. The summed E-state index contributed by atoms with van der Waals surface area (Å²) in [5.74, 6) is -0.203. The lowest BCUT2D eigenvalue weighted by molar-refractivity contribution is -0.129. The van der Waals surface area contributed by atoms with Crippen molar-refractivity contribution in [2.45, 2.75) is 26.3 Å². The van der Waals surface area contributed by atoms with E-state index in [4.69, 9.17) is 0 Å². The van der Waals surface area contributed by atoms with Crippen LogP contribution in [0.15, 0.2) is 53.1 Å². The molecule has 1 heterocycles. The summed E-state index contributed by atoms with van der Waals surface area (Å²) in [4.78, 5) is 26.2. The molecule has 0 spiro atoms. The molecule has 2 aromatic carbocycles. The molecule has 5 heteroatoms. The molecule has 0 fully saturated rings. The predicted octanol–water partition coefficient (Wildman–Crippen LogP) is 4.66. The van der Waals surface area contributed by atoms with E-state index in [1.165, 1.54) is 6.92 Å². The number of anilines is 1. The highest BCUT2D eigenvalue weighted by Crippen LogP contribution is 2.33. The Hall–Kier alpha value is -2.40. The maximum absolute atomic E-state index is 12.6. The first-order valence-corrected chi connectivity index (χ1v) is 8.87. The lowest BCUT2D eigenvalue weighted by Crippen LogP contribution is -2.33. The molecule has 0 aliphatic carbocycles. The van der Waals surface area contributed by atoms with Crippen LogP contribution < -0.4 is 5.32 Å². The van der Waals surface area contributed by atoms with Crippen LogP contribution in [0.2, 0.25) is 0 Å². The van der Waals surface area contributed by atoms with Gasteiger partial charge >= 0.3 is 0 Å². The smallest absolute Gasteiger partial charge is 0.226 e. The largest absolute Gasteiger partial charge is 0.326 e. The lowest BCUT2D eigenvalue weighted by Gasteiger charge is -2.32. The van der Waals surface area contributed by atoms with Crippen LogP contribution in [0.25, 0.3) is 6.08 Å². The minimum absolute atomic E-state index is 0.0805. The highest BCUT2D eigenvalue weighted by molar-refractivity contribution is 9.10. The van der Waals surface area contributed by atoms with Crippen LogP contribution in [0.1, 0.15) is 36.1 Å². The first kappa shape index (κ1) is 17.4. The molecule has 0 saturated carbocycles. The van der Waals surface area contributed by atoms with Crippen LogP contribution in [0.3, 0.4) is 0 Å². The molecular weight excluding hydrogens is 380 g/mol. The fraction of sp³-hybridized carbons (Fsp3) is 0.200. The number of hydrogen-bond donors (Lipinski definition) is 1. The van der Waals surface area contributed by atoms with Gasteiger partial charge in [-0.05, 0) is 47.9 Å². The molecule has 0 bridgehead atoms. The topological polar surface area (TPSA) is 49.4 Å². The van der Waals surface area contributed by atoms with Crippen molar-refractivity contribution < 1.29 is 9.59 Å². The number of carbonyl (C=O) groups excluding carboxylic acids is 2. The van der Waals surface area contributed by atoms with Gasteiger partial charge in [-0.25, -0.2) is 0 Å². The Balaban J connectivity index is 1.81. The number of rotatable bonds is 3. The van der Waals surface area contributed by atoms with E-state index in [9.17, 15) is 9.59 Å². The maximum Gasteiger partial charge on any atom is 0.226 e. The Morgan fingerprint density at radius 2 is 1.96 bits per heavy atom. The van der Waals surface area contributed by atoms with Crippen LogP contribution in [-0.4, -0.2) is 16.7 Å². The number of benzene rings is 2. The van der Waals surface area contributed by atoms with E-state index in [0.717, 1.165) is 26.9 Å². The Morgan fingerprint density at radius 1 is 1.20 bits per heavy atom. The van der Waals surface area contributed by atoms with Crippen molar-refractivity contribution >= 4 is 39.5 Å². The molecule has 25 heavy (non-hydrogen) atoms. The van der Waals surface area contributed by atoms with Crippen molar-refractivity contribution in [1.82, 2.24) is 4.90 Å². The summed E-state index contributed by atoms with van der Waals surface area (Å²) in [6.45, 7) is 3.49. The first-order valence-electron chi connectivity index (χ1n) is 8.08. The second kappa shape index (κ2) is 7.23.